The molecule has 8 heteroatoms. The number of imidazole rings is 1. The van der Waals surface area contributed by atoms with Crippen LogP contribution < -0.4 is 0 Å². The molecular weight excluding hydrogens is 346 g/mol. The van der Waals surface area contributed by atoms with E-state index in [4.69, 9.17) is 5.11 Å². The van der Waals surface area contributed by atoms with Gasteiger partial charge in [0.1, 0.15) is 11.1 Å². The first-order valence-corrected chi connectivity index (χ1v) is 9.33. The van der Waals surface area contributed by atoms with Crippen molar-refractivity contribution in [3.05, 3.63) is 40.4 Å². The maximum absolute atomic E-state index is 12.3. The van der Waals surface area contributed by atoms with Gasteiger partial charge in [0, 0.05) is 17.7 Å². The van der Waals surface area contributed by atoms with E-state index in [2.05, 4.69) is 9.55 Å². The fourth-order valence-corrected chi connectivity index (χ4v) is 5.29. The highest BCUT2D eigenvalue weighted by Crippen LogP contribution is 2.45. The molecule has 0 saturated carbocycles. The van der Waals surface area contributed by atoms with Gasteiger partial charge in [0.05, 0.1) is 16.6 Å². The van der Waals surface area contributed by atoms with Crippen molar-refractivity contribution < 1.29 is 14.7 Å². The van der Waals surface area contributed by atoms with E-state index in [-0.39, 0.29) is 17.0 Å². The largest absolute Gasteiger partial charge is 0.477 e. The molecule has 0 spiro atoms. The number of thioether (sulfide) groups is 2. The fourth-order valence-electron chi connectivity index (χ4n) is 3.21. The molecule has 1 saturated heterocycles. The zero-order valence-corrected chi connectivity index (χ0v) is 13.9. The summed E-state index contributed by atoms with van der Waals surface area (Å²) in [5.41, 5.74) is 3.69. The smallest absolute Gasteiger partial charge is 0.353 e. The minimum absolute atomic E-state index is 0.0632. The van der Waals surface area contributed by atoms with Gasteiger partial charge in [-0.1, -0.05) is 17.8 Å². The molecule has 0 unspecified atom stereocenters. The van der Waals surface area contributed by atoms with Gasteiger partial charge in [0.15, 0.2) is 5.16 Å². The van der Waals surface area contributed by atoms with E-state index >= 15 is 0 Å². The quantitative estimate of drug-likeness (QED) is 0.657. The van der Waals surface area contributed by atoms with Crippen LogP contribution in [0.15, 0.2) is 40.0 Å². The van der Waals surface area contributed by atoms with Crippen molar-refractivity contribution in [3.8, 4) is 0 Å². The Bertz CT molecular complexity index is 992. The van der Waals surface area contributed by atoms with Crippen LogP contribution in [0.4, 0.5) is 0 Å². The molecule has 24 heavy (non-hydrogen) atoms. The summed E-state index contributed by atoms with van der Waals surface area (Å²) in [4.78, 5) is 29.3. The second kappa shape index (κ2) is 4.90. The van der Waals surface area contributed by atoms with E-state index < -0.39 is 5.97 Å². The van der Waals surface area contributed by atoms with Gasteiger partial charge in [-0.25, -0.2) is 9.78 Å². The number of benzene rings is 1. The molecule has 1 aromatic carbocycles. The Morgan fingerprint density at radius 3 is 3.12 bits per heavy atom. The van der Waals surface area contributed by atoms with Gasteiger partial charge in [-0.3, -0.25) is 9.69 Å². The number of hydrogen-bond acceptors (Lipinski definition) is 5. The third kappa shape index (κ3) is 1.83. The Morgan fingerprint density at radius 2 is 2.29 bits per heavy atom. The van der Waals surface area contributed by atoms with Crippen molar-refractivity contribution in [3.63, 3.8) is 0 Å². The van der Waals surface area contributed by atoms with Gasteiger partial charge in [0.25, 0.3) is 5.91 Å². The first-order chi connectivity index (χ1) is 11.6. The molecule has 1 N–H and O–H groups in total. The summed E-state index contributed by atoms with van der Waals surface area (Å²) < 4.78 is 2.20. The molecular formula is C16H11N3O3S2. The summed E-state index contributed by atoms with van der Waals surface area (Å²) in [6.45, 7) is 0.952. The normalized spacial score (nSPS) is 23.4. The highest BCUT2D eigenvalue weighted by molar-refractivity contribution is 8.03. The number of hydrogen-bond donors (Lipinski definition) is 1. The summed E-state index contributed by atoms with van der Waals surface area (Å²) in [6, 6.07) is 5.97. The number of β-lactam (4-membered cyclic amide) rings is 1. The maximum atomic E-state index is 12.3. The van der Waals surface area contributed by atoms with Crippen molar-refractivity contribution in [2.45, 2.75) is 17.1 Å². The van der Waals surface area contributed by atoms with Crippen LogP contribution in [-0.4, -0.2) is 42.6 Å². The van der Waals surface area contributed by atoms with Gasteiger partial charge in [0.2, 0.25) is 0 Å². The minimum atomic E-state index is -1.06. The second-order valence-corrected chi connectivity index (χ2v) is 7.73. The Kier molecular flexibility index (Phi) is 2.90. The van der Waals surface area contributed by atoms with Crippen molar-refractivity contribution in [1.29, 1.82) is 0 Å². The molecule has 1 amide bonds. The molecule has 4 heterocycles. The monoisotopic (exact) mass is 357 g/mol. The lowest BCUT2D eigenvalue weighted by Gasteiger charge is -2.37. The molecule has 0 radical (unpaired) electrons. The SMILES string of the molecule is O=C(O)C1=CS[C@@H]2/C(=C\c3ccc4nc5n(c4c3)CCS5)C(=O)N12. The number of carboxylic acid groups (broad SMARTS) is 1. The molecule has 120 valence electrons. The zero-order chi connectivity index (χ0) is 16.4. The van der Waals surface area contributed by atoms with Gasteiger partial charge in [-0.15, -0.1) is 11.8 Å². The number of carbonyl (C=O) groups excluding carboxylic acids is 1. The minimum Gasteiger partial charge on any atom is -0.477 e. The summed E-state index contributed by atoms with van der Waals surface area (Å²) >= 11 is 3.11. The number of carboxylic acids is 1. The number of fused-ring (bicyclic) bond motifs is 4. The highest BCUT2D eigenvalue weighted by Gasteiger charge is 2.49. The number of aryl methyl sites for hydroxylation is 1. The maximum Gasteiger partial charge on any atom is 0.353 e. The molecule has 5 rings (SSSR count). The lowest BCUT2D eigenvalue weighted by Crippen LogP contribution is -2.51. The molecule has 6 nitrogen and oxygen atoms in total. The summed E-state index contributed by atoms with van der Waals surface area (Å²) in [6.07, 6.45) is 1.86. The Hall–Kier alpha value is -2.19. The lowest BCUT2D eigenvalue weighted by atomic mass is 10.0. The number of rotatable bonds is 2. The molecule has 1 aromatic heterocycles. The molecule has 1 atom stereocenters. The average molecular weight is 357 g/mol. The van der Waals surface area contributed by atoms with Crippen LogP contribution in [-0.2, 0) is 16.1 Å². The first kappa shape index (κ1) is 14.2. The first-order valence-electron chi connectivity index (χ1n) is 7.40. The standard InChI is InChI=1S/C16H11N3O3S2/c20-13-9(14-19(13)12(7-24-14)15(21)22)5-8-1-2-10-11(6-8)18-3-4-23-16(18)17-10/h1-2,5-7,14H,3-4H2,(H,21,22)/b9-5-/t14-/m1/s1. The Labute approximate surface area is 145 Å². The summed E-state index contributed by atoms with van der Waals surface area (Å²) in [5, 5.41) is 11.5. The van der Waals surface area contributed by atoms with Crippen LogP contribution in [0, 0.1) is 0 Å². The van der Waals surface area contributed by atoms with Crippen LogP contribution in [0.2, 0.25) is 0 Å². The molecule has 0 aliphatic carbocycles. The van der Waals surface area contributed by atoms with E-state index in [0.717, 1.165) is 34.1 Å². The number of amides is 1. The number of aromatic nitrogens is 2. The Balaban J connectivity index is 1.50. The van der Waals surface area contributed by atoms with Crippen molar-refractivity contribution in [1.82, 2.24) is 14.5 Å². The number of nitrogens with zero attached hydrogens (tertiary/aromatic N) is 3. The number of aliphatic carboxylic acids is 1. The van der Waals surface area contributed by atoms with Gasteiger partial charge < -0.3 is 9.67 Å². The van der Waals surface area contributed by atoms with E-state index in [9.17, 15) is 9.59 Å². The predicted molar refractivity (Wildman–Crippen MR) is 92.4 cm³/mol. The van der Waals surface area contributed by atoms with E-state index in [0.29, 0.717) is 5.57 Å². The molecule has 2 aromatic rings. The third-order valence-corrected chi connectivity index (χ3v) is 6.40. The lowest BCUT2D eigenvalue weighted by molar-refractivity contribution is -0.141. The van der Waals surface area contributed by atoms with Crippen LogP contribution in [0.5, 0.6) is 0 Å². The van der Waals surface area contributed by atoms with Crippen LogP contribution in [0.1, 0.15) is 5.56 Å². The topological polar surface area (TPSA) is 75.4 Å². The van der Waals surface area contributed by atoms with Crippen molar-refractivity contribution in [2.75, 3.05) is 5.75 Å². The second-order valence-electron chi connectivity index (χ2n) is 5.71. The van der Waals surface area contributed by atoms with E-state index in [1.54, 1.807) is 11.8 Å². The molecule has 3 aliphatic heterocycles. The zero-order valence-electron chi connectivity index (χ0n) is 12.3. The summed E-state index contributed by atoms with van der Waals surface area (Å²) in [7, 11) is 0. The fraction of sp³-hybridized carbons (Fsp3) is 0.188. The van der Waals surface area contributed by atoms with Crippen molar-refractivity contribution in [2.24, 2.45) is 0 Å². The molecule has 3 aliphatic rings. The van der Waals surface area contributed by atoms with Crippen LogP contribution in [0.3, 0.4) is 0 Å². The number of carbonyl (C=O) groups is 2. The molecule has 0 bridgehead atoms. The van der Waals surface area contributed by atoms with Crippen LogP contribution >= 0.6 is 23.5 Å². The Morgan fingerprint density at radius 1 is 1.42 bits per heavy atom. The van der Waals surface area contributed by atoms with Crippen LogP contribution in [0.25, 0.3) is 17.1 Å². The van der Waals surface area contributed by atoms with E-state index in [1.807, 2.05) is 24.3 Å². The molecule has 1 fully saturated rings. The van der Waals surface area contributed by atoms with Gasteiger partial charge in [-0.2, -0.15) is 0 Å². The van der Waals surface area contributed by atoms with Gasteiger partial charge >= 0.3 is 5.97 Å². The van der Waals surface area contributed by atoms with Crippen molar-refractivity contribution >= 4 is 52.5 Å². The predicted octanol–water partition coefficient (Wildman–Crippen LogP) is 2.37. The summed E-state index contributed by atoms with van der Waals surface area (Å²) in [5.74, 6) is -0.252. The average Bonchev–Trinajstić information content (AvgIpc) is 3.24. The van der Waals surface area contributed by atoms with Gasteiger partial charge in [-0.05, 0) is 23.8 Å². The van der Waals surface area contributed by atoms with E-state index in [1.165, 1.54) is 22.1 Å². The third-order valence-electron chi connectivity index (χ3n) is 4.36. The highest BCUT2D eigenvalue weighted by atomic mass is 32.2.